The molecular weight excluding hydrogens is 268 g/mol. The first-order chi connectivity index (χ1) is 10.0. The van der Waals surface area contributed by atoms with Gasteiger partial charge < -0.3 is 15.7 Å². The van der Waals surface area contributed by atoms with Crippen molar-refractivity contribution in [1.82, 2.24) is 4.90 Å². The number of benzene rings is 1. The monoisotopic (exact) mass is 290 g/mol. The maximum atomic E-state index is 12.7. The van der Waals surface area contributed by atoms with Crippen LogP contribution >= 0.6 is 0 Å². The van der Waals surface area contributed by atoms with Crippen molar-refractivity contribution in [3.63, 3.8) is 0 Å². The van der Waals surface area contributed by atoms with Gasteiger partial charge in [-0.1, -0.05) is 37.3 Å². The fourth-order valence-corrected chi connectivity index (χ4v) is 2.90. The van der Waals surface area contributed by atoms with Crippen molar-refractivity contribution in [3.05, 3.63) is 35.9 Å². The molecular formula is C16H22N2O3. The summed E-state index contributed by atoms with van der Waals surface area (Å²) in [5, 5.41) is 9.38. The number of hydrogen-bond donors (Lipinski definition) is 2. The van der Waals surface area contributed by atoms with E-state index in [2.05, 4.69) is 0 Å². The fourth-order valence-electron chi connectivity index (χ4n) is 2.90. The van der Waals surface area contributed by atoms with Crippen molar-refractivity contribution < 1.29 is 14.7 Å². The molecule has 1 aromatic rings. The third-order valence-electron chi connectivity index (χ3n) is 4.17. The molecule has 1 amide bonds. The van der Waals surface area contributed by atoms with Gasteiger partial charge in [0.15, 0.2) is 0 Å². The van der Waals surface area contributed by atoms with Gasteiger partial charge in [0.05, 0.1) is 5.92 Å². The Labute approximate surface area is 124 Å². The van der Waals surface area contributed by atoms with Gasteiger partial charge >= 0.3 is 5.97 Å². The van der Waals surface area contributed by atoms with E-state index in [1.54, 1.807) is 0 Å². The number of rotatable bonds is 4. The van der Waals surface area contributed by atoms with Gasteiger partial charge in [0.1, 0.15) is 6.04 Å². The molecule has 1 fully saturated rings. The number of hydrogen-bond acceptors (Lipinski definition) is 3. The van der Waals surface area contributed by atoms with Crippen molar-refractivity contribution in [2.24, 2.45) is 11.7 Å². The van der Waals surface area contributed by atoms with Gasteiger partial charge in [-0.05, 0) is 24.3 Å². The lowest BCUT2D eigenvalue weighted by Gasteiger charge is -2.37. The minimum absolute atomic E-state index is 0.178. The lowest BCUT2D eigenvalue weighted by molar-refractivity contribution is -0.153. The molecule has 1 aliphatic rings. The second kappa shape index (κ2) is 6.72. The maximum absolute atomic E-state index is 12.7. The molecule has 1 heterocycles. The summed E-state index contributed by atoms with van der Waals surface area (Å²) in [5.41, 5.74) is 6.61. The van der Waals surface area contributed by atoms with Crippen molar-refractivity contribution in [2.75, 3.05) is 13.1 Å². The highest BCUT2D eigenvalue weighted by molar-refractivity contribution is 5.88. The predicted octanol–water partition coefficient (Wildman–Crippen LogP) is 1.44. The van der Waals surface area contributed by atoms with Crippen LogP contribution in [0.3, 0.4) is 0 Å². The van der Waals surface area contributed by atoms with Crippen molar-refractivity contribution in [1.29, 1.82) is 0 Å². The van der Waals surface area contributed by atoms with Crippen LogP contribution in [-0.4, -0.2) is 41.0 Å². The van der Waals surface area contributed by atoms with E-state index >= 15 is 0 Å². The van der Waals surface area contributed by atoms with Gasteiger partial charge in [0, 0.05) is 13.1 Å². The maximum Gasteiger partial charge on any atom is 0.326 e. The van der Waals surface area contributed by atoms with Crippen molar-refractivity contribution in [2.45, 2.75) is 31.7 Å². The van der Waals surface area contributed by atoms with E-state index in [4.69, 9.17) is 5.73 Å². The van der Waals surface area contributed by atoms with Crippen LogP contribution in [0.2, 0.25) is 0 Å². The number of nitrogens with two attached hydrogens (primary N) is 1. The molecule has 1 aromatic carbocycles. The van der Waals surface area contributed by atoms with E-state index in [1.165, 1.54) is 4.90 Å². The molecule has 114 valence electrons. The molecule has 0 aromatic heterocycles. The number of amides is 1. The lowest BCUT2D eigenvalue weighted by atomic mass is 9.89. The average Bonchev–Trinajstić information content (AvgIpc) is 2.48. The van der Waals surface area contributed by atoms with Crippen LogP contribution in [0.4, 0.5) is 0 Å². The summed E-state index contributed by atoms with van der Waals surface area (Å²) >= 11 is 0. The zero-order chi connectivity index (χ0) is 15.4. The molecule has 3 atom stereocenters. The molecule has 0 bridgehead atoms. The van der Waals surface area contributed by atoms with Crippen LogP contribution in [0.5, 0.6) is 0 Å². The number of carbonyl (C=O) groups excluding carboxylic acids is 1. The van der Waals surface area contributed by atoms with E-state index in [0.717, 1.165) is 12.0 Å². The minimum Gasteiger partial charge on any atom is -0.480 e. The Morgan fingerprint density at radius 3 is 2.62 bits per heavy atom. The number of carboxylic acids is 1. The van der Waals surface area contributed by atoms with E-state index in [0.29, 0.717) is 18.9 Å². The number of nitrogens with zero attached hydrogens (tertiary/aromatic N) is 1. The summed E-state index contributed by atoms with van der Waals surface area (Å²) in [6.07, 6.45) is 1.34. The summed E-state index contributed by atoms with van der Waals surface area (Å²) in [4.78, 5) is 25.7. The number of aliphatic carboxylic acids is 1. The topological polar surface area (TPSA) is 83.6 Å². The molecule has 1 aliphatic heterocycles. The number of carbonyl (C=O) groups is 2. The Kier molecular flexibility index (Phi) is 4.96. The highest BCUT2D eigenvalue weighted by Crippen LogP contribution is 2.27. The Bertz CT molecular complexity index is 504. The summed E-state index contributed by atoms with van der Waals surface area (Å²) in [6.45, 7) is 2.69. The second-order valence-corrected chi connectivity index (χ2v) is 5.71. The Hall–Kier alpha value is -1.88. The molecule has 3 unspecified atom stereocenters. The zero-order valence-corrected chi connectivity index (χ0v) is 12.2. The minimum atomic E-state index is -0.932. The molecule has 0 spiro atoms. The van der Waals surface area contributed by atoms with Gasteiger partial charge in [0.2, 0.25) is 5.91 Å². The molecule has 0 saturated carbocycles. The molecule has 0 radical (unpaired) electrons. The van der Waals surface area contributed by atoms with Crippen LogP contribution in [-0.2, 0) is 9.59 Å². The summed E-state index contributed by atoms with van der Waals surface area (Å²) in [7, 11) is 0. The van der Waals surface area contributed by atoms with Gasteiger partial charge in [0.25, 0.3) is 0 Å². The van der Waals surface area contributed by atoms with Crippen molar-refractivity contribution >= 4 is 11.9 Å². The molecule has 21 heavy (non-hydrogen) atoms. The fraction of sp³-hybridized carbons (Fsp3) is 0.500. The second-order valence-electron chi connectivity index (χ2n) is 5.71. The third-order valence-corrected chi connectivity index (χ3v) is 4.17. The number of piperidine rings is 1. The number of carboxylic acid groups (broad SMARTS) is 1. The first-order valence-electron chi connectivity index (χ1n) is 7.33. The van der Waals surface area contributed by atoms with Crippen LogP contribution in [0.15, 0.2) is 30.3 Å². The molecule has 5 nitrogen and oxygen atoms in total. The predicted molar refractivity (Wildman–Crippen MR) is 79.8 cm³/mol. The zero-order valence-electron chi connectivity index (χ0n) is 12.2. The van der Waals surface area contributed by atoms with E-state index < -0.39 is 17.9 Å². The van der Waals surface area contributed by atoms with Crippen LogP contribution in [0.25, 0.3) is 0 Å². The Balaban J connectivity index is 2.22. The van der Waals surface area contributed by atoms with Crippen LogP contribution in [0, 0.1) is 5.92 Å². The smallest absolute Gasteiger partial charge is 0.326 e. The SMILES string of the molecule is CC1CCN(C(=O)C(CN)c2ccccc2)C(C(=O)O)C1. The quantitative estimate of drug-likeness (QED) is 0.879. The number of likely N-dealkylation sites (tertiary alicyclic amines) is 1. The summed E-state index contributed by atoms with van der Waals surface area (Å²) < 4.78 is 0. The molecule has 1 saturated heterocycles. The lowest BCUT2D eigenvalue weighted by Crippen LogP contribution is -2.52. The first-order valence-corrected chi connectivity index (χ1v) is 7.33. The van der Waals surface area contributed by atoms with Crippen LogP contribution < -0.4 is 5.73 Å². The summed E-state index contributed by atoms with van der Waals surface area (Å²) in [5.74, 6) is -1.26. The molecule has 3 N–H and O–H groups in total. The normalized spacial score (nSPS) is 23.6. The Morgan fingerprint density at radius 2 is 2.05 bits per heavy atom. The molecule has 0 aliphatic carbocycles. The van der Waals surface area contributed by atoms with Crippen molar-refractivity contribution in [3.8, 4) is 0 Å². The molecule has 5 heteroatoms. The van der Waals surface area contributed by atoms with Gasteiger partial charge in [-0.2, -0.15) is 0 Å². The highest BCUT2D eigenvalue weighted by atomic mass is 16.4. The van der Waals surface area contributed by atoms with Gasteiger partial charge in [-0.15, -0.1) is 0 Å². The van der Waals surface area contributed by atoms with E-state index in [9.17, 15) is 14.7 Å². The highest BCUT2D eigenvalue weighted by Gasteiger charge is 2.37. The van der Waals surface area contributed by atoms with Gasteiger partial charge in [-0.25, -0.2) is 4.79 Å². The third kappa shape index (κ3) is 3.42. The first kappa shape index (κ1) is 15.5. The van der Waals surface area contributed by atoms with Gasteiger partial charge in [-0.3, -0.25) is 4.79 Å². The summed E-state index contributed by atoms with van der Waals surface area (Å²) in [6, 6.07) is 8.58. The Morgan fingerprint density at radius 1 is 1.38 bits per heavy atom. The molecule has 2 rings (SSSR count). The van der Waals surface area contributed by atoms with Crippen LogP contribution in [0.1, 0.15) is 31.2 Å². The standard InChI is InChI=1S/C16H22N2O3/c1-11-7-8-18(14(9-11)16(20)21)15(19)13(10-17)12-5-3-2-4-6-12/h2-6,11,13-14H,7-10,17H2,1H3,(H,20,21). The van der Waals surface area contributed by atoms with E-state index in [-0.39, 0.29) is 12.5 Å². The van der Waals surface area contributed by atoms with E-state index in [1.807, 2.05) is 37.3 Å². The largest absolute Gasteiger partial charge is 0.480 e. The average molecular weight is 290 g/mol.